The molecule has 1 N–H and O–H groups in total. The molecule has 0 bridgehead atoms. The zero-order valence-corrected chi connectivity index (χ0v) is 13.0. The van der Waals surface area contributed by atoms with Crippen LogP contribution in [0, 0.1) is 5.92 Å². The van der Waals surface area contributed by atoms with E-state index in [-0.39, 0.29) is 0 Å². The van der Waals surface area contributed by atoms with Crippen LogP contribution >= 0.6 is 0 Å². The number of hydrogen-bond acceptors (Lipinski definition) is 4. The lowest BCUT2D eigenvalue weighted by atomic mass is 10.0. The van der Waals surface area contributed by atoms with Gasteiger partial charge >= 0.3 is 0 Å². The lowest BCUT2D eigenvalue weighted by molar-refractivity contribution is 0.0688. The molecular formula is C15H32N2O2. The molecular weight excluding hydrogens is 240 g/mol. The average Bonchev–Trinajstić information content (AvgIpc) is 2.39. The van der Waals surface area contributed by atoms with E-state index < -0.39 is 0 Å². The molecule has 1 aliphatic rings. The highest BCUT2D eigenvalue weighted by Crippen LogP contribution is 2.11. The first-order valence-electron chi connectivity index (χ1n) is 7.74. The highest BCUT2D eigenvalue weighted by Gasteiger charge is 2.18. The second-order valence-electron chi connectivity index (χ2n) is 5.88. The Morgan fingerprint density at radius 2 is 1.89 bits per heavy atom. The Labute approximate surface area is 118 Å². The van der Waals surface area contributed by atoms with Gasteiger partial charge in [-0.3, -0.25) is 0 Å². The van der Waals surface area contributed by atoms with E-state index >= 15 is 0 Å². The zero-order chi connectivity index (χ0) is 13.9. The van der Waals surface area contributed by atoms with Crippen LogP contribution in [-0.4, -0.2) is 64.1 Å². The van der Waals surface area contributed by atoms with Gasteiger partial charge in [-0.1, -0.05) is 13.8 Å². The van der Waals surface area contributed by atoms with E-state index in [1.54, 1.807) is 7.11 Å². The van der Waals surface area contributed by atoms with Crippen LogP contribution in [0.2, 0.25) is 0 Å². The highest BCUT2D eigenvalue weighted by molar-refractivity contribution is 4.77. The summed E-state index contributed by atoms with van der Waals surface area (Å²) in [5, 5.41) is 3.65. The molecule has 4 heteroatoms. The molecule has 0 atom stereocenters. The van der Waals surface area contributed by atoms with Crippen molar-refractivity contribution in [1.82, 2.24) is 10.2 Å². The molecule has 114 valence electrons. The normalized spacial score (nSPS) is 18.3. The van der Waals surface area contributed by atoms with Crippen LogP contribution in [0.25, 0.3) is 0 Å². The van der Waals surface area contributed by atoms with Gasteiger partial charge in [-0.25, -0.2) is 0 Å². The molecule has 1 aliphatic heterocycles. The van der Waals surface area contributed by atoms with E-state index in [2.05, 4.69) is 24.1 Å². The van der Waals surface area contributed by atoms with Crippen molar-refractivity contribution in [3.8, 4) is 0 Å². The summed E-state index contributed by atoms with van der Waals surface area (Å²) in [6.07, 6.45) is 3.67. The lowest BCUT2D eigenvalue weighted by Crippen LogP contribution is -2.43. The fourth-order valence-electron chi connectivity index (χ4n) is 2.56. The van der Waals surface area contributed by atoms with Crippen molar-refractivity contribution in [2.24, 2.45) is 5.92 Å². The van der Waals surface area contributed by atoms with Gasteiger partial charge < -0.3 is 19.7 Å². The summed E-state index contributed by atoms with van der Waals surface area (Å²) in [5.41, 5.74) is 0. The fraction of sp³-hybridized carbons (Fsp3) is 1.00. The standard InChI is InChI=1S/C15H32N2O2/c1-14(2)13-17-8-5-15(6-9-17)16-7-4-10-19-12-11-18-3/h14-16H,4-13H2,1-3H3. The summed E-state index contributed by atoms with van der Waals surface area (Å²) in [4.78, 5) is 2.59. The molecule has 0 saturated carbocycles. The van der Waals surface area contributed by atoms with Gasteiger partial charge in [0.2, 0.25) is 0 Å². The molecule has 0 aliphatic carbocycles. The number of nitrogens with one attached hydrogen (secondary N) is 1. The van der Waals surface area contributed by atoms with Gasteiger partial charge in [-0.2, -0.15) is 0 Å². The third-order valence-electron chi connectivity index (χ3n) is 3.54. The van der Waals surface area contributed by atoms with Crippen LogP contribution in [-0.2, 0) is 9.47 Å². The summed E-state index contributed by atoms with van der Waals surface area (Å²) >= 11 is 0. The lowest BCUT2D eigenvalue weighted by Gasteiger charge is -2.33. The molecule has 0 radical (unpaired) electrons. The van der Waals surface area contributed by atoms with Crippen molar-refractivity contribution >= 4 is 0 Å². The topological polar surface area (TPSA) is 33.7 Å². The van der Waals surface area contributed by atoms with Crippen molar-refractivity contribution in [3.63, 3.8) is 0 Å². The highest BCUT2D eigenvalue weighted by atomic mass is 16.5. The first-order chi connectivity index (χ1) is 9.22. The monoisotopic (exact) mass is 272 g/mol. The summed E-state index contributed by atoms with van der Waals surface area (Å²) in [5.74, 6) is 0.786. The predicted octanol–water partition coefficient (Wildman–Crippen LogP) is 1.75. The van der Waals surface area contributed by atoms with E-state index in [0.717, 1.165) is 25.5 Å². The van der Waals surface area contributed by atoms with E-state index in [0.29, 0.717) is 19.3 Å². The third kappa shape index (κ3) is 8.58. The number of piperidine rings is 1. The molecule has 0 spiro atoms. The van der Waals surface area contributed by atoms with Crippen LogP contribution in [0.1, 0.15) is 33.1 Å². The Morgan fingerprint density at radius 3 is 2.53 bits per heavy atom. The van der Waals surface area contributed by atoms with Crippen LogP contribution in [0.5, 0.6) is 0 Å². The number of ether oxygens (including phenoxy) is 2. The van der Waals surface area contributed by atoms with E-state index in [9.17, 15) is 0 Å². The SMILES string of the molecule is COCCOCCCNC1CCN(CC(C)C)CC1. The van der Waals surface area contributed by atoms with Crippen molar-refractivity contribution < 1.29 is 9.47 Å². The molecule has 1 saturated heterocycles. The molecule has 1 rings (SSSR count). The first kappa shape index (κ1) is 16.9. The maximum absolute atomic E-state index is 5.45. The molecule has 0 aromatic carbocycles. The second-order valence-corrected chi connectivity index (χ2v) is 5.88. The Morgan fingerprint density at radius 1 is 1.16 bits per heavy atom. The van der Waals surface area contributed by atoms with Gasteiger partial charge in [-0.05, 0) is 44.8 Å². The van der Waals surface area contributed by atoms with E-state index in [4.69, 9.17) is 9.47 Å². The number of likely N-dealkylation sites (tertiary alicyclic amines) is 1. The smallest absolute Gasteiger partial charge is 0.0700 e. The number of hydrogen-bond donors (Lipinski definition) is 1. The molecule has 0 unspecified atom stereocenters. The maximum Gasteiger partial charge on any atom is 0.0700 e. The Kier molecular flexibility index (Phi) is 9.43. The van der Waals surface area contributed by atoms with Crippen molar-refractivity contribution in [2.45, 2.75) is 39.2 Å². The van der Waals surface area contributed by atoms with Crippen LogP contribution in [0.3, 0.4) is 0 Å². The molecule has 0 amide bonds. The van der Waals surface area contributed by atoms with Gasteiger partial charge in [0.15, 0.2) is 0 Å². The predicted molar refractivity (Wildman–Crippen MR) is 79.6 cm³/mol. The van der Waals surface area contributed by atoms with Gasteiger partial charge in [-0.15, -0.1) is 0 Å². The summed E-state index contributed by atoms with van der Waals surface area (Å²) < 4.78 is 10.4. The Hall–Kier alpha value is -0.160. The molecule has 1 fully saturated rings. The zero-order valence-electron chi connectivity index (χ0n) is 13.0. The maximum atomic E-state index is 5.45. The van der Waals surface area contributed by atoms with E-state index in [1.807, 2.05) is 0 Å². The molecule has 4 nitrogen and oxygen atoms in total. The first-order valence-corrected chi connectivity index (χ1v) is 7.74. The molecule has 1 heterocycles. The van der Waals surface area contributed by atoms with Crippen molar-refractivity contribution in [2.75, 3.05) is 53.1 Å². The number of nitrogens with zero attached hydrogens (tertiary/aromatic N) is 1. The summed E-state index contributed by atoms with van der Waals surface area (Å²) in [7, 11) is 1.70. The molecule has 19 heavy (non-hydrogen) atoms. The van der Waals surface area contributed by atoms with Crippen molar-refractivity contribution in [3.05, 3.63) is 0 Å². The minimum absolute atomic E-state index is 0.696. The molecule has 0 aromatic rings. The minimum atomic E-state index is 0.696. The largest absolute Gasteiger partial charge is 0.382 e. The number of methoxy groups -OCH3 is 1. The van der Waals surface area contributed by atoms with Gasteiger partial charge in [0.05, 0.1) is 13.2 Å². The summed E-state index contributed by atoms with van der Waals surface area (Å²) in [6, 6.07) is 0.711. The Bertz CT molecular complexity index is 204. The number of rotatable bonds is 10. The quantitative estimate of drug-likeness (QED) is 0.614. The third-order valence-corrected chi connectivity index (χ3v) is 3.54. The van der Waals surface area contributed by atoms with Crippen LogP contribution in [0.15, 0.2) is 0 Å². The van der Waals surface area contributed by atoms with Gasteiger partial charge in [0.1, 0.15) is 0 Å². The summed E-state index contributed by atoms with van der Waals surface area (Å²) in [6.45, 7) is 11.7. The van der Waals surface area contributed by atoms with E-state index in [1.165, 1.54) is 32.5 Å². The minimum Gasteiger partial charge on any atom is -0.382 e. The second kappa shape index (κ2) is 10.6. The van der Waals surface area contributed by atoms with Gasteiger partial charge in [0, 0.05) is 26.3 Å². The fourth-order valence-corrected chi connectivity index (χ4v) is 2.56. The van der Waals surface area contributed by atoms with Gasteiger partial charge in [0.25, 0.3) is 0 Å². The van der Waals surface area contributed by atoms with Crippen molar-refractivity contribution in [1.29, 1.82) is 0 Å². The molecule has 0 aromatic heterocycles. The van der Waals surface area contributed by atoms with Crippen LogP contribution < -0.4 is 5.32 Å². The Balaban J connectivity index is 1.92. The van der Waals surface area contributed by atoms with Crippen LogP contribution in [0.4, 0.5) is 0 Å². The average molecular weight is 272 g/mol.